The standard InChI is InChI=1S/C10H12BN5O6/c12-10-14-7-4(8(18)15-10)13-2-16(7)9-6-5(3(1-17)20-9)21-11(19)22-6/h2-3,5-6,9,17,19H,1H2,(H3,12,14,15,18)/t3-,5-,6-,9-/m1/s1. The summed E-state index contributed by atoms with van der Waals surface area (Å²) in [5.41, 5.74) is 5.39. The minimum absolute atomic E-state index is 0.0591. The second-order valence-electron chi connectivity index (χ2n) is 5.03. The van der Waals surface area contributed by atoms with E-state index < -0.39 is 37.4 Å². The highest BCUT2D eigenvalue weighted by Gasteiger charge is 2.55. The molecule has 0 unspecified atom stereocenters. The monoisotopic (exact) mass is 309 g/mol. The first-order valence-electron chi connectivity index (χ1n) is 6.56. The topological polar surface area (TPSA) is 158 Å². The van der Waals surface area contributed by atoms with Crippen LogP contribution in [0.3, 0.4) is 0 Å². The van der Waals surface area contributed by atoms with E-state index in [1.165, 1.54) is 10.9 Å². The molecule has 0 amide bonds. The first-order valence-corrected chi connectivity index (χ1v) is 6.56. The fourth-order valence-electron chi connectivity index (χ4n) is 2.82. The van der Waals surface area contributed by atoms with Crippen molar-refractivity contribution >= 4 is 24.4 Å². The van der Waals surface area contributed by atoms with Crippen molar-refractivity contribution in [1.82, 2.24) is 19.5 Å². The van der Waals surface area contributed by atoms with Crippen LogP contribution in [0.5, 0.6) is 0 Å². The number of nitrogen functional groups attached to an aromatic ring is 1. The van der Waals surface area contributed by atoms with E-state index in [0.29, 0.717) is 0 Å². The first kappa shape index (κ1) is 13.7. The average Bonchev–Trinajstić information content (AvgIpc) is 3.11. The zero-order valence-corrected chi connectivity index (χ0v) is 11.1. The Morgan fingerprint density at radius 2 is 2.23 bits per heavy atom. The van der Waals surface area contributed by atoms with Crippen LogP contribution in [-0.4, -0.2) is 61.9 Å². The van der Waals surface area contributed by atoms with E-state index in [-0.39, 0.29) is 23.7 Å². The number of fused-ring (bicyclic) bond motifs is 2. The molecule has 22 heavy (non-hydrogen) atoms. The Morgan fingerprint density at radius 3 is 3.00 bits per heavy atom. The zero-order chi connectivity index (χ0) is 15.4. The van der Waals surface area contributed by atoms with Crippen LogP contribution in [-0.2, 0) is 14.0 Å². The summed E-state index contributed by atoms with van der Waals surface area (Å²) in [5.74, 6) is -0.0591. The number of rotatable bonds is 2. The third-order valence-electron chi connectivity index (χ3n) is 3.74. The third-order valence-corrected chi connectivity index (χ3v) is 3.74. The lowest BCUT2D eigenvalue weighted by atomic mass is 10.1. The normalized spacial score (nSPS) is 31.1. The summed E-state index contributed by atoms with van der Waals surface area (Å²) in [5, 5.41) is 18.8. The van der Waals surface area contributed by atoms with E-state index in [0.717, 1.165) is 0 Å². The first-order chi connectivity index (χ1) is 10.6. The predicted molar refractivity (Wildman–Crippen MR) is 71.3 cm³/mol. The SMILES string of the molecule is Nc1nc2c(ncn2[C@@H]2O[C@H](CO)[C@H]3OB(O)O[C@H]32)c(=O)[nH]1. The number of aliphatic hydroxyl groups excluding tert-OH is 1. The lowest BCUT2D eigenvalue weighted by molar-refractivity contribution is -0.0624. The largest absolute Gasteiger partial charge is 0.637 e. The van der Waals surface area contributed by atoms with Gasteiger partial charge in [-0.1, -0.05) is 0 Å². The van der Waals surface area contributed by atoms with Gasteiger partial charge in [0.25, 0.3) is 5.56 Å². The van der Waals surface area contributed by atoms with Crippen molar-refractivity contribution in [2.45, 2.75) is 24.5 Å². The number of aromatic nitrogens is 4. The molecule has 4 rings (SSSR count). The number of ether oxygens (including phenoxy) is 1. The number of nitrogens with zero attached hydrogens (tertiary/aromatic N) is 3. The van der Waals surface area contributed by atoms with Crippen LogP contribution in [0.15, 0.2) is 11.1 Å². The van der Waals surface area contributed by atoms with Crippen molar-refractivity contribution in [3.05, 3.63) is 16.7 Å². The summed E-state index contributed by atoms with van der Waals surface area (Å²) < 4.78 is 17.6. The van der Waals surface area contributed by atoms with E-state index in [2.05, 4.69) is 15.0 Å². The Morgan fingerprint density at radius 1 is 1.45 bits per heavy atom. The van der Waals surface area contributed by atoms with Crippen molar-refractivity contribution in [1.29, 1.82) is 0 Å². The lowest BCUT2D eigenvalue weighted by Gasteiger charge is -2.18. The van der Waals surface area contributed by atoms with E-state index in [4.69, 9.17) is 19.8 Å². The zero-order valence-electron chi connectivity index (χ0n) is 11.1. The summed E-state index contributed by atoms with van der Waals surface area (Å²) in [6.45, 7) is -0.309. The number of nitrogens with one attached hydrogen (secondary N) is 1. The molecule has 2 aliphatic heterocycles. The number of nitrogens with two attached hydrogens (primary N) is 1. The smallest absolute Gasteiger partial charge is 0.402 e. The summed E-state index contributed by atoms with van der Waals surface area (Å²) >= 11 is 0. The van der Waals surface area contributed by atoms with Crippen molar-refractivity contribution in [2.75, 3.05) is 12.3 Å². The Labute approximate surface area is 122 Å². The maximum Gasteiger partial charge on any atom is 0.637 e. The van der Waals surface area contributed by atoms with Gasteiger partial charge in [-0.05, 0) is 0 Å². The molecule has 0 bridgehead atoms. The van der Waals surface area contributed by atoms with Gasteiger partial charge in [-0.3, -0.25) is 14.3 Å². The minimum Gasteiger partial charge on any atom is -0.402 e. The number of aromatic amines is 1. The van der Waals surface area contributed by atoms with Gasteiger partial charge in [0.15, 0.2) is 17.4 Å². The summed E-state index contributed by atoms with van der Waals surface area (Å²) in [4.78, 5) is 22.2. The Bertz CT molecular complexity index is 779. The molecule has 0 radical (unpaired) electrons. The molecule has 2 aliphatic rings. The van der Waals surface area contributed by atoms with Crippen molar-refractivity contribution in [3.8, 4) is 0 Å². The van der Waals surface area contributed by atoms with Gasteiger partial charge in [0.1, 0.15) is 18.3 Å². The van der Waals surface area contributed by atoms with Crippen LogP contribution in [0.4, 0.5) is 5.95 Å². The van der Waals surface area contributed by atoms with Gasteiger partial charge < -0.3 is 29.9 Å². The van der Waals surface area contributed by atoms with Gasteiger partial charge in [0.2, 0.25) is 5.95 Å². The number of hydrogen-bond acceptors (Lipinski definition) is 9. The lowest BCUT2D eigenvalue weighted by Crippen LogP contribution is -2.31. The van der Waals surface area contributed by atoms with Crippen LogP contribution < -0.4 is 11.3 Å². The molecule has 5 N–H and O–H groups in total. The van der Waals surface area contributed by atoms with Crippen molar-refractivity contribution < 1.29 is 24.2 Å². The van der Waals surface area contributed by atoms with Gasteiger partial charge in [-0.2, -0.15) is 4.98 Å². The Hall–Kier alpha value is -1.99. The molecule has 0 spiro atoms. The quantitative estimate of drug-likeness (QED) is 0.435. The van der Waals surface area contributed by atoms with Crippen LogP contribution in [0.2, 0.25) is 0 Å². The Balaban J connectivity index is 1.80. The minimum atomic E-state index is -1.40. The molecular formula is C10H12BN5O6. The van der Waals surface area contributed by atoms with Gasteiger partial charge in [0, 0.05) is 0 Å². The van der Waals surface area contributed by atoms with Crippen LogP contribution >= 0.6 is 0 Å². The molecule has 0 aromatic carbocycles. The number of aliphatic hydroxyl groups is 1. The Kier molecular flexibility index (Phi) is 2.95. The molecule has 2 aromatic rings. The predicted octanol–water partition coefficient (Wildman–Crippen LogP) is -2.65. The molecule has 2 fully saturated rings. The highest BCUT2D eigenvalue weighted by molar-refractivity contribution is 6.35. The van der Waals surface area contributed by atoms with Gasteiger partial charge in [0.05, 0.1) is 12.9 Å². The molecule has 2 saturated heterocycles. The molecule has 116 valence electrons. The molecule has 4 heterocycles. The highest BCUT2D eigenvalue weighted by atomic mass is 16.8. The second kappa shape index (κ2) is 4.76. The summed E-state index contributed by atoms with van der Waals surface area (Å²) in [6.07, 6.45) is -1.39. The van der Waals surface area contributed by atoms with E-state index in [1.807, 2.05) is 0 Å². The van der Waals surface area contributed by atoms with E-state index in [1.54, 1.807) is 0 Å². The third kappa shape index (κ3) is 1.86. The van der Waals surface area contributed by atoms with Crippen LogP contribution in [0, 0.1) is 0 Å². The number of H-pyrrole nitrogens is 1. The molecule has 0 saturated carbocycles. The second-order valence-corrected chi connectivity index (χ2v) is 5.03. The molecule has 2 aromatic heterocycles. The number of hydrogen-bond donors (Lipinski definition) is 4. The maximum atomic E-state index is 11.8. The molecular weight excluding hydrogens is 297 g/mol. The average molecular weight is 309 g/mol. The highest BCUT2D eigenvalue weighted by Crippen LogP contribution is 2.38. The van der Waals surface area contributed by atoms with E-state index in [9.17, 15) is 14.9 Å². The van der Waals surface area contributed by atoms with Crippen LogP contribution in [0.25, 0.3) is 11.2 Å². The summed E-state index contributed by atoms with van der Waals surface area (Å²) in [7, 11) is -1.40. The number of imidazole rings is 1. The van der Waals surface area contributed by atoms with Crippen molar-refractivity contribution in [2.24, 2.45) is 0 Å². The molecule has 4 atom stereocenters. The van der Waals surface area contributed by atoms with Gasteiger partial charge in [-0.25, -0.2) is 4.98 Å². The molecule has 0 aliphatic carbocycles. The van der Waals surface area contributed by atoms with Crippen LogP contribution in [0.1, 0.15) is 6.23 Å². The maximum absolute atomic E-state index is 11.8. The van der Waals surface area contributed by atoms with Gasteiger partial charge in [-0.15, -0.1) is 0 Å². The fraction of sp³-hybridized carbons (Fsp3) is 0.500. The molecule has 11 nitrogen and oxygen atoms in total. The van der Waals surface area contributed by atoms with Gasteiger partial charge >= 0.3 is 7.32 Å². The molecule has 12 heteroatoms. The van der Waals surface area contributed by atoms with Crippen molar-refractivity contribution in [3.63, 3.8) is 0 Å². The number of anilines is 1. The fourth-order valence-corrected chi connectivity index (χ4v) is 2.82. The summed E-state index contributed by atoms with van der Waals surface area (Å²) in [6, 6.07) is 0. The van der Waals surface area contributed by atoms with E-state index >= 15 is 0 Å².